The van der Waals surface area contributed by atoms with E-state index in [-0.39, 0.29) is 24.4 Å². The average molecular weight is 326 g/mol. The normalized spacial score (nSPS) is 20.1. The highest BCUT2D eigenvalue weighted by molar-refractivity contribution is 5.93. The lowest BCUT2D eigenvalue weighted by molar-refractivity contribution is -0.117. The maximum absolute atomic E-state index is 12.2. The van der Waals surface area contributed by atoms with Crippen LogP contribution in [0.3, 0.4) is 0 Å². The second kappa shape index (κ2) is 8.51. The number of carbonyl (C=O) groups is 1. The quantitative estimate of drug-likeness (QED) is 0.895. The van der Waals surface area contributed by atoms with Gasteiger partial charge in [0.15, 0.2) is 0 Å². The lowest BCUT2D eigenvalue weighted by Gasteiger charge is -2.34. The van der Waals surface area contributed by atoms with Crippen molar-refractivity contribution in [2.75, 3.05) is 25.0 Å². The minimum absolute atomic E-state index is 0. The van der Waals surface area contributed by atoms with E-state index < -0.39 is 0 Å². The van der Waals surface area contributed by atoms with Gasteiger partial charge >= 0.3 is 0 Å². The number of carbonyl (C=O) groups excluding carboxylic acids is 1. The molecule has 2 atom stereocenters. The molecule has 3 N–H and O–H groups in total. The first kappa shape index (κ1) is 18.9. The van der Waals surface area contributed by atoms with E-state index in [0.717, 1.165) is 30.8 Å². The van der Waals surface area contributed by atoms with Gasteiger partial charge in [0.2, 0.25) is 5.91 Å². The maximum atomic E-state index is 12.2. The van der Waals surface area contributed by atoms with Crippen molar-refractivity contribution in [2.24, 2.45) is 11.7 Å². The van der Waals surface area contributed by atoms with Gasteiger partial charge in [0.1, 0.15) is 0 Å². The molecule has 2 unspecified atom stereocenters. The summed E-state index contributed by atoms with van der Waals surface area (Å²) in [6.07, 6.45) is 2.30. The molecule has 1 fully saturated rings. The molecule has 1 saturated heterocycles. The number of nitrogens with zero attached hydrogens (tertiary/aromatic N) is 1. The van der Waals surface area contributed by atoms with Crippen LogP contribution in [0, 0.1) is 19.8 Å². The predicted molar refractivity (Wildman–Crippen MR) is 94.6 cm³/mol. The molecule has 1 heterocycles. The van der Waals surface area contributed by atoms with Crippen LogP contribution in [-0.2, 0) is 4.79 Å². The third-order valence-corrected chi connectivity index (χ3v) is 4.31. The Balaban J connectivity index is 0.00000242. The Bertz CT molecular complexity index is 505. The molecule has 0 radical (unpaired) electrons. The number of nitrogens with one attached hydrogen (secondary N) is 1. The standard InChI is InChI=1S/C17H27N3O.ClH/c1-12-6-7-16(13(2)9-12)19-17(21)11-20-8-4-5-15(10-20)14(3)18;/h6-7,9,14-15H,4-5,8,10-11,18H2,1-3H3,(H,19,21);1H. The van der Waals surface area contributed by atoms with Crippen molar-refractivity contribution in [3.63, 3.8) is 0 Å². The highest BCUT2D eigenvalue weighted by atomic mass is 35.5. The molecule has 1 aliphatic rings. The highest BCUT2D eigenvalue weighted by Gasteiger charge is 2.23. The molecular formula is C17H28ClN3O. The Morgan fingerprint density at radius 3 is 2.82 bits per heavy atom. The SMILES string of the molecule is Cc1ccc(NC(=O)CN2CCCC(C(C)N)C2)c(C)c1.Cl. The van der Waals surface area contributed by atoms with Crippen molar-refractivity contribution < 1.29 is 4.79 Å². The Morgan fingerprint density at radius 1 is 1.45 bits per heavy atom. The van der Waals surface area contributed by atoms with Crippen LogP contribution in [0.25, 0.3) is 0 Å². The number of amides is 1. The number of hydrogen-bond donors (Lipinski definition) is 2. The number of benzene rings is 1. The van der Waals surface area contributed by atoms with Gasteiger partial charge in [0.05, 0.1) is 6.54 Å². The van der Waals surface area contributed by atoms with Crippen molar-refractivity contribution in [3.8, 4) is 0 Å². The fraction of sp³-hybridized carbons (Fsp3) is 0.588. The van der Waals surface area contributed by atoms with E-state index in [2.05, 4.69) is 30.1 Å². The fourth-order valence-corrected chi connectivity index (χ4v) is 3.01. The summed E-state index contributed by atoms with van der Waals surface area (Å²) in [5, 5.41) is 3.02. The van der Waals surface area contributed by atoms with Crippen LogP contribution in [0.4, 0.5) is 5.69 Å². The molecule has 4 nitrogen and oxygen atoms in total. The topological polar surface area (TPSA) is 58.4 Å². The summed E-state index contributed by atoms with van der Waals surface area (Å²) in [6, 6.07) is 6.29. The van der Waals surface area contributed by atoms with Gasteiger partial charge in [-0.05, 0) is 57.7 Å². The van der Waals surface area contributed by atoms with Crippen LogP contribution in [0.5, 0.6) is 0 Å². The van der Waals surface area contributed by atoms with Gasteiger partial charge in [0.25, 0.3) is 0 Å². The molecule has 22 heavy (non-hydrogen) atoms. The molecule has 0 bridgehead atoms. The van der Waals surface area contributed by atoms with E-state index in [1.165, 1.54) is 12.0 Å². The molecule has 0 aromatic heterocycles. The summed E-state index contributed by atoms with van der Waals surface area (Å²) < 4.78 is 0. The molecule has 2 rings (SSSR count). The van der Waals surface area contributed by atoms with Crippen molar-refractivity contribution in [2.45, 2.75) is 39.7 Å². The Kier molecular flexibility index (Phi) is 7.33. The molecule has 1 aliphatic heterocycles. The molecule has 1 amide bonds. The third kappa shape index (κ3) is 5.27. The zero-order valence-corrected chi connectivity index (χ0v) is 14.6. The summed E-state index contributed by atoms with van der Waals surface area (Å²) in [6.45, 7) is 8.51. The first-order valence-electron chi connectivity index (χ1n) is 7.80. The summed E-state index contributed by atoms with van der Waals surface area (Å²) in [5.41, 5.74) is 9.22. The molecule has 0 spiro atoms. The Labute approximate surface area is 139 Å². The van der Waals surface area contributed by atoms with Gasteiger partial charge in [-0.1, -0.05) is 17.7 Å². The van der Waals surface area contributed by atoms with E-state index in [1.54, 1.807) is 0 Å². The second-order valence-electron chi connectivity index (χ2n) is 6.36. The largest absolute Gasteiger partial charge is 0.328 e. The van der Waals surface area contributed by atoms with Crippen LogP contribution in [0.15, 0.2) is 18.2 Å². The van der Waals surface area contributed by atoms with E-state index in [4.69, 9.17) is 5.73 Å². The molecular weight excluding hydrogens is 298 g/mol. The average Bonchev–Trinajstić information content (AvgIpc) is 2.42. The molecule has 1 aromatic carbocycles. The number of rotatable bonds is 4. The second-order valence-corrected chi connectivity index (χ2v) is 6.36. The molecule has 1 aromatic rings. The predicted octanol–water partition coefficient (Wildman–Crippen LogP) is 2.72. The molecule has 0 aliphatic carbocycles. The van der Waals surface area contributed by atoms with E-state index >= 15 is 0 Å². The summed E-state index contributed by atoms with van der Waals surface area (Å²) >= 11 is 0. The van der Waals surface area contributed by atoms with Crippen molar-refractivity contribution in [1.29, 1.82) is 0 Å². The van der Waals surface area contributed by atoms with Crippen LogP contribution in [-0.4, -0.2) is 36.5 Å². The van der Waals surface area contributed by atoms with Gasteiger partial charge < -0.3 is 11.1 Å². The number of piperidine rings is 1. The monoisotopic (exact) mass is 325 g/mol. The van der Waals surface area contributed by atoms with Crippen molar-refractivity contribution >= 4 is 24.0 Å². The number of likely N-dealkylation sites (tertiary alicyclic amines) is 1. The number of hydrogen-bond acceptors (Lipinski definition) is 3. The van der Waals surface area contributed by atoms with Gasteiger partial charge in [0, 0.05) is 18.3 Å². The number of halogens is 1. The third-order valence-electron chi connectivity index (χ3n) is 4.31. The van der Waals surface area contributed by atoms with Crippen LogP contribution in [0.1, 0.15) is 30.9 Å². The van der Waals surface area contributed by atoms with Crippen molar-refractivity contribution in [1.82, 2.24) is 4.90 Å². The zero-order valence-electron chi connectivity index (χ0n) is 13.8. The number of anilines is 1. The minimum Gasteiger partial charge on any atom is -0.328 e. The maximum Gasteiger partial charge on any atom is 0.238 e. The van der Waals surface area contributed by atoms with Gasteiger partial charge in [-0.3, -0.25) is 9.69 Å². The first-order chi connectivity index (χ1) is 9.95. The van der Waals surface area contributed by atoms with E-state index in [1.807, 2.05) is 19.1 Å². The van der Waals surface area contributed by atoms with Crippen molar-refractivity contribution in [3.05, 3.63) is 29.3 Å². The Morgan fingerprint density at radius 2 is 2.18 bits per heavy atom. The van der Waals surface area contributed by atoms with Crippen LogP contribution >= 0.6 is 12.4 Å². The number of aryl methyl sites for hydroxylation is 2. The smallest absolute Gasteiger partial charge is 0.238 e. The lowest BCUT2D eigenvalue weighted by Crippen LogP contribution is -2.45. The molecule has 0 saturated carbocycles. The minimum atomic E-state index is 0. The lowest BCUT2D eigenvalue weighted by atomic mass is 9.92. The highest BCUT2D eigenvalue weighted by Crippen LogP contribution is 2.19. The van der Waals surface area contributed by atoms with Gasteiger partial charge in [-0.2, -0.15) is 0 Å². The number of nitrogens with two attached hydrogens (primary N) is 1. The van der Waals surface area contributed by atoms with Crippen LogP contribution < -0.4 is 11.1 Å². The van der Waals surface area contributed by atoms with Gasteiger partial charge in [-0.15, -0.1) is 12.4 Å². The first-order valence-corrected chi connectivity index (χ1v) is 7.80. The van der Waals surface area contributed by atoms with Crippen LogP contribution in [0.2, 0.25) is 0 Å². The molecule has 5 heteroatoms. The van der Waals surface area contributed by atoms with E-state index in [0.29, 0.717) is 12.5 Å². The Hall–Kier alpha value is -1.10. The zero-order chi connectivity index (χ0) is 15.4. The summed E-state index contributed by atoms with van der Waals surface area (Å²) in [5.74, 6) is 0.569. The van der Waals surface area contributed by atoms with E-state index in [9.17, 15) is 4.79 Å². The summed E-state index contributed by atoms with van der Waals surface area (Å²) in [4.78, 5) is 14.4. The molecule has 124 valence electrons. The van der Waals surface area contributed by atoms with Gasteiger partial charge in [-0.25, -0.2) is 0 Å². The fourth-order valence-electron chi connectivity index (χ4n) is 3.01. The summed E-state index contributed by atoms with van der Waals surface area (Å²) in [7, 11) is 0.